The highest BCUT2D eigenvalue weighted by Crippen LogP contribution is 2.22. The molecule has 0 aromatic carbocycles. The maximum Gasteiger partial charge on any atom is 0.185 e. The first-order valence-electron chi connectivity index (χ1n) is 4.55. The summed E-state index contributed by atoms with van der Waals surface area (Å²) in [5.74, 6) is 0. The Hall–Kier alpha value is -1.45. The Morgan fingerprint density at radius 3 is 3.38 bits per heavy atom. The molecule has 0 aliphatic carbocycles. The van der Waals surface area contributed by atoms with Crippen LogP contribution in [0.4, 0.5) is 0 Å². The minimum atomic E-state index is -0.0654. The monoisotopic (exact) mass is 174 g/mol. The second-order valence-electron chi connectivity index (χ2n) is 3.36. The van der Waals surface area contributed by atoms with Crippen molar-refractivity contribution in [2.45, 2.75) is 19.0 Å². The van der Waals surface area contributed by atoms with Crippen LogP contribution in [-0.2, 0) is 0 Å². The van der Waals surface area contributed by atoms with Crippen molar-refractivity contribution in [3.63, 3.8) is 0 Å². The van der Waals surface area contributed by atoms with Gasteiger partial charge >= 0.3 is 0 Å². The van der Waals surface area contributed by atoms with Gasteiger partial charge in [0, 0.05) is 12.8 Å². The van der Waals surface area contributed by atoms with Crippen LogP contribution in [-0.4, -0.2) is 31.0 Å². The Morgan fingerprint density at radius 2 is 2.38 bits per heavy atom. The molecule has 66 valence electrons. The van der Waals surface area contributed by atoms with Gasteiger partial charge in [-0.1, -0.05) is 0 Å². The second kappa shape index (κ2) is 2.52. The molecule has 4 heteroatoms. The number of rotatable bonds is 0. The topological polar surface area (TPSA) is 49.1 Å². The molecule has 0 radical (unpaired) electrons. The highest BCUT2D eigenvalue weighted by atomic mass is 15.1. The van der Waals surface area contributed by atoms with E-state index in [-0.39, 0.29) is 6.17 Å². The van der Waals surface area contributed by atoms with Crippen LogP contribution in [0.1, 0.15) is 12.8 Å². The smallest absolute Gasteiger partial charge is 0.185 e. The molecular formula is C9H10N4. The Balaban J connectivity index is 2.07. The largest absolute Gasteiger partial charge is 0.383 e. The van der Waals surface area contributed by atoms with Gasteiger partial charge in [-0.05, 0) is 18.4 Å². The Bertz CT molecular complexity index is 362. The Labute approximate surface area is 76.2 Å². The number of nitrogens with one attached hydrogen (secondary N) is 1. The zero-order valence-electron chi connectivity index (χ0n) is 7.20. The average molecular weight is 174 g/mol. The molecule has 0 amide bonds. The van der Waals surface area contributed by atoms with E-state index in [1.54, 1.807) is 6.34 Å². The van der Waals surface area contributed by atoms with E-state index in [9.17, 15) is 0 Å². The first kappa shape index (κ1) is 7.00. The van der Waals surface area contributed by atoms with Crippen LogP contribution in [0.3, 0.4) is 0 Å². The number of fused-ring (bicyclic) bond motifs is 2. The lowest BCUT2D eigenvalue weighted by molar-refractivity contribution is 0.688. The molecule has 3 aliphatic heterocycles. The summed E-state index contributed by atoms with van der Waals surface area (Å²) in [5.41, 5.74) is 3.45. The van der Waals surface area contributed by atoms with Gasteiger partial charge < -0.3 is 5.32 Å². The van der Waals surface area contributed by atoms with Crippen molar-refractivity contribution in [2.24, 2.45) is 15.0 Å². The van der Waals surface area contributed by atoms with E-state index in [2.05, 4.69) is 20.3 Å². The van der Waals surface area contributed by atoms with Crippen LogP contribution in [0.5, 0.6) is 0 Å². The van der Waals surface area contributed by atoms with E-state index < -0.39 is 0 Å². The molecule has 0 fully saturated rings. The van der Waals surface area contributed by atoms with Crippen LogP contribution in [0.15, 0.2) is 26.2 Å². The third kappa shape index (κ3) is 0.946. The number of hydrogen-bond donors (Lipinski definition) is 1. The highest BCUT2D eigenvalue weighted by Gasteiger charge is 2.27. The minimum absolute atomic E-state index is 0.0654. The van der Waals surface area contributed by atoms with Gasteiger partial charge in [0.1, 0.15) is 12.1 Å². The van der Waals surface area contributed by atoms with Crippen molar-refractivity contribution in [1.82, 2.24) is 5.32 Å². The molecule has 4 nitrogen and oxygen atoms in total. The molecular weight excluding hydrogens is 164 g/mol. The Kier molecular flexibility index (Phi) is 1.36. The molecule has 1 N–H and O–H groups in total. The first-order chi connectivity index (χ1) is 6.45. The summed E-state index contributed by atoms with van der Waals surface area (Å²) < 4.78 is 0. The lowest BCUT2D eigenvalue weighted by atomic mass is 9.99. The number of allylic oxidation sites excluding steroid dienone is 1. The number of aliphatic imine (C=N–C) groups is 3. The molecule has 1 unspecified atom stereocenters. The Morgan fingerprint density at radius 1 is 1.38 bits per heavy atom. The van der Waals surface area contributed by atoms with Gasteiger partial charge in [0.05, 0.1) is 5.70 Å². The normalized spacial score (nSPS) is 29.5. The van der Waals surface area contributed by atoms with Gasteiger partial charge in [-0.2, -0.15) is 0 Å². The van der Waals surface area contributed by atoms with Crippen LogP contribution >= 0.6 is 0 Å². The van der Waals surface area contributed by atoms with Gasteiger partial charge in [-0.3, -0.25) is 4.99 Å². The lowest BCUT2D eigenvalue weighted by Gasteiger charge is -2.24. The van der Waals surface area contributed by atoms with Crippen molar-refractivity contribution in [3.05, 3.63) is 11.3 Å². The summed E-state index contributed by atoms with van der Waals surface area (Å²) in [7, 11) is 0. The van der Waals surface area contributed by atoms with Crippen molar-refractivity contribution < 1.29 is 0 Å². The van der Waals surface area contributed by atoms with E-state index in [1.807, 2.05) is 6.21 Å². The van der Waals surface area contributed by atoms with Crippen molar-refractivity contribution in [2.75, 3.05) is 6.54 Å². The fourth-order valence-electron chi connectivity index (χ4n) is 1.87. The summed E-state index contributed by atoms with van der Waals surface area (Å²) in [5, 5.41) is 3.37. The molecule has 0 bridgehead atoms. The molecule has 3 aliphatic rings. The van der Waals surface area contributed by atoms with Gasteiger partial charge in [0.25, 0.3) is 0 Å². The maximum atomic E-state index is 4.32. The number of hydrogen-bond acceptors (Lipinski definition) is 4. The third-order valence-electron chi connectivity index (χ3n) is 2.52. The third-order valence-corrected chi connectivity index (χ3v) is 2.52. The van der Waals surface area contributed by atoms with E-state index in [4.69, 9.17) is 0 Å². The van der Waals surface area contributed by atoms with Crippen LogP contribution in [0.2, 0.25) is 0 Å². The summed E-state index contributed by atoms with van der Waals surface area (Å²) in [6.07, 6.45) is 5.77. The van der Waals surface area contributed by atoms with E-state index in [1.165, 1.54) is 17.7 Å². The highest BCUT2D eigenvalue weighted by molar-refractivity contribution is 6.15. The molecule has 0 saturated heterocycles. The molecule has 13 heavy (non-hydrogen) atoms. The van der Waals surface area contributed by atoms with Gasteiger partial charge in [0.2, 0.25) is 0 Å². The second-order valence-corrected chi connectivity index (χ2v) is 3.36. The minimum Gasteiger partial charge on any atom is -0.383 e. The summed E-state index contributed by atoms with van der Waals surface area (Å²) in [6, 6.07) is 0. The zero-order chi connectivity index (χ0) is 8.67. The standard InChI is InChI=1S/C9H10N4/c1-2-6-4-11-9-8(12-5-13-9)7(6)10-3-1/h4-5,9-10H,1-3H2. The fraction of sp³-hybridized carbons (Fsp3) is 0.444. The first-order valence-corrected chi connectivity index (χ1v) is 4.55. The summed E-state index contributed by atoms with van der Waals surface area (Å²) in [4.78, 5) is 12.7. The van der Waals surface area contributed by atoms with Crippen LogP contribution < -0.4 is 5.32 Å². The predicted octanol–water partition coefficient (Wildman–Crippen LogP) is 0.517. The number of dihydropyridines is 1. The molecule has 0 spiro atoms. The van der Waals surface area contributed by atoms with Crippen molar-refractivity contribution in [1.29, 1.82) is 0 Å². The molecule has 0 saturated carbocycles. The fourth-order valence-corrected chi connectivity index (χ4v) is 1.87. The van der Waals surface area contributed by atoms with Gasteiger partial charge in [-0.25, -0.2) is 9.98 Å². The van der Waals surface area contributed by atoms with E-state index in [0.29, 0.717) is 0 Å². The van der Waals surface area contributed by atoms with Gasteiger partial charge in [0.15, 0.2) is 6.17 Å². The molecule has 1 atom stereocenters. The quantitative estimate of drug-likeness (QED) is 0.571. The maximum absolute atomic E-state index is 4.32. The predicted molar refractivity (Wildman–Crippen MR) is 52.5 cm³/mol. The lowest BCUT2D eigenvalue weighted by Crippen LogP contribution is -2.34. The zero-order valence-corrected chi connectivity index (χ0v) is 7.20. The SMILES string of the molecule is C1=NC2N=CC3=C(NCCC3)C2=N1. The average Bonchev–Trinajstić information content (AvgIpc) is 2.65. The summed E-state index contributed by atoms with van der Waals surface area (Å²) >= 11 is 0. The molecule has 0 aromatic heterocycles. The van der Waals surface area contributed by atoms with Crippen molar-refractivity contribution in [3.8, 4) is 0 Å². The summed E-state index contributed by atoms with van der Waals surface area (Å²) in [6.45, 7) is 1.04. The van der Waals surface area contributed by atoms with Crippen LogP contribution in [0.25, 0.3) is 0 Å². The van der Waals surface area contributed by atoms with E-state index >= 15 is 0 Å². The van der Waals surface area contributed by atoms with E-state index in [0.717, 1.165) is 18.7 Å². The van der Waals surface area contributed by atoms with Crippen LogP contribution in [0, 0.1) is 0 Å². The molecule has 3 rings (SSSR count). The number of nitrogens with zero attached hydrogens (tertiary/aromatic N) is 3. The van der Waals surface area contributed by atoms with Crippen molar-refractivity contribution >= 4 is 18.3 Å². The molecule has 0 aromatic rings. The molecule has 3 heterocycles. The van der Waals surface area contributed by atoms with Gasteiger partial charge in [-0.15, -0.1) is 0 Å².